The number of benzene rings is 1. The van der Waals surface area contributed by atoms with Crippen LogP contribution in [-0.2, 0) is 9.53 Å². The number of fused-ring (bicyclic) bond motifs is 1. The number of carbonyl (C=O) groups excluding carboxylic acids is 1. The smallest absolute Gasteiger partial charge is 0.334 e. The van der Waals surface area contributed by atoms with Crippen LogP contribution in [0.5, 0.6) is 0 Å². The van der Waals surface area contributed by atoms with Gasteiger partial charge < -0.3 is 4.74 Å². The molecule has 6 heteroatoms. The number of allylic oxidation sites excluding steroid dienone is 1. The van der Waals surface area contributed by atoms with Crippen molar-refractivity contribution in [2.24, 2.45) is 0 Å². The number of rotatable bonds is 4. The minimum absolute atomic E-state index is 0.281. The Morgan fingerprint density at radius 2 is 2.24 bits per heavy atom. The molecule has 0 aliphatic carbocycles. The van der Waals surface area contributed by atoms with Crippen molar-refractivity contribution >= 4 is 28.5 Å². The second-order valence-corrected chi connectivity index (χ2v) is 5.10. The van der Waals surface area contributed by atoms with Crippen molar-refractivity contribution in [1.29, 1.82) is 0 Å². The van der Waals surface area contributed by atoms with Crippen LogP contribution < -0.4 is 5.56 Å². The van der Waals surface area contributed by atoms with Gasteiger partial charge in [0.05, 0.1) is 23.0 Å². The van der Waals surface area contributed by atoms with Crippen LogP contribution >= 0.6 is 11.6 Å². The van der Waals surface area contributed by atoms with Crippen molar-refractivity contribution in [3.63, 3.8) is 0 Å². The highest BCUT2D eigenvalue weighted by Gasteiger charge is 2.22. The number of hydrogen-bond acceptors (Lipinski definition) is 4. The summed E-state index contributed by atoms with van der Waals surface area (Å²) in [5, 5.41) is 0.809. The highest BCUT2D eigenvalue weighted by molar-refractivity contribution is 6.31. The molecule has 110 valence electrons. The van der Waals surface area contributed by atoms with E-state index in [1.165, 1.54) is 10.9 Å². The molecule has 1 atom stereocenters. The molecule has 2 aromatic rings. The standard InChI is InChI=1S/C15H15ClN2O3/c1-4-13(15(20)21-9(2)3)18-8-17-12-6-5-10(16)7-11(12)14(18)19/h5-8,13H,2,4H2,1,3H3/t13-/m0/s1. The van der Waals surface area contributed by atoms with Gasteiger partial charge in [-0.1, -0.05) is 25.1 Å². The number of esters is 1. The predicted octanol–water partition coefficient (Wildman–Crippen LogP) is 3.08. The van der Waals surface area contributed by atoms with Crippen LogP contribution in [-0.4, -0.2) is 15.5 Å². The number of ether oxygens (including phenoxy) is 1. The Balaban J connectivity index is 2.54. The fourth-order valence-electron chi connectivity index (χ4n) is 2.05. The zero-order chi connectivity index (χ0) is 15.6. The molecule has 0 saturated heterocycles. The van der Waals surface area contributed by atoms with Crippen LogP contribution in [0, 0.1) is 0 Å². The Morgan fingerprint density at radius 1 is 1.52 bits per heavy atom. The molecular weight excluding hydrogens is 292 g/mol. The van der Waals surface area contributed by atoms with Crippen LogP contribution in [0.25, 0.3) is 10.9 Å². The molecule has 0 unspecified atom stereocenters. The van der Waals surface area contributed by atoms with Gasteiger partial charge in [-0.3, -0.25) is 9.36 Å². The van der Waals surface area contributed by atoms with E-state index in [4.69, 9.17) is 16.3 Å². The molecule has 0 amide bonds. The second-order valence-electron chi connectivity index (χ2n) is 4.67. The second kappa shape index (κ2) is 6.10. The van der Waals surface area contributed by atoms with Gasteiger partial charge in [0.2, 0.25) is 0 Å². The van der Waals surface area contributed by atoms with Gasteiger partial charge in [-0.15, -0.1) is 0 Å². The topological polar surface area (TPSA) is 61.2 Å². The Hall–Kier alpha value is -2.14. The minimum atomic E-state index is -0.745. The van der Waals surface area contributed by atoms with Gasteiger partial charge >= 0.3 is 5.97 Å². The largest absolute Gasteiger partial charge is 0.430 e. The fraction of sp³-hybridized carbons (Fsp3) is 0.267. The lowest BCUT2D eigenvalue weighted by atomic mass is 10.2. The van der Waals surface area contributed by atoms with Crippen molar-refractivity contribution in [3.8, 4) is 0 Å². The van der Waals surface area contributed by atoms with E-state index in [1.54, 1.807) is 32.0 Å². The lowest BCUT2D eigenvalue weighted by Crippen LogP contribution is -2.30. The number of hydrogen-bond donors (Lipinski definition) is 0. The maximum absolute atomic E-state index is 12.5. The van der Waals surface area contributed by atoms with Gasteiger partial charge in [0.15, 0.2) is 0 Å². The summed E-state index contributed by atoms with van der Waals surface area (Å²) in [4.78, 5) is 28.7. The van der Waals surface area contributed by atoms with Gasteiger partial charge in [0.25, 0.3) is 5.56 Å². The van der Waals surface area contributed by atoms with E-state index in [0.717, 1.165) is 0 Å². The Kier molecular flexibility index (Phi) is 4.43. The molecule has 5 nitrogen and oxygen atoms in total. The zero-order valence-corrected chi connectivity index (χ0v) is 12.6. The van der Waals surface area contributed by atoms with Gasteiger partial charge in [0.1, 0.15) is 6.04 Å². The van der Waals surface area contributed by atoms with E-state index in [0.29, 0.717) is 22.3 Å². The first-order valence-electron chi connectivity index (χ1n) is 6.47. The van der Waals surface area contributed by atoms with Crippen LogP contribution in [0.3, 0.4) is 0 Å². The zero-order valence-electron chi connectivity index (χ0n) is 11.8. The lowest BCUT2D eigenvalue weighted by Gasteiger charge is -2.16. The highest BCUT2D eigenvalue weighted by Crippen LogP contribution is 2.17. The quantitative estimate of drug-likeness (QED) is 0.643. The Bertz CT molecular complexity index is 767. The number of nitrogens with zero attached hydrogens (tertiary/aromatic N) is 2. The average Bonchev–Trinajstić information content (AvgIpc) is 2.42. The summed E-state index contributed by atoms with van der Waals surface area (Å²) in [5.74, 6) is -0.251. The van der Waals surface area contributed by atoms with E-state index < -0.39 is 12.0 Å². The van der Waals surface area contributed by atoms with Crippen molar-refractivity contribution in [1.82, 2.24) is 9.55 Å². The number of aromatic nitrogens is 2. The van der Waals surface area contributed by atoms with Gasteiger partial charge in [0, 0.05) is 5.02 Å². The molecule has 0 N–H and O–H groups in total. The number of carbonyl (C=O) groups is 1. The maximum atomic E-state index is 12.5. The Morgan fingerprint density at radius 3 is 2.86 bits per heavy atom. The van der Waals surface area contributed by atoms with Crippen molar-refractivity contribution < 1.29 is 9.53 Å². The van der Waals surface area contributed by atoms with Crippen LogP contribution in [0.4, 0.5) is 0 Å². The first-order valence-corrected chi connectivity index (χ1v) is 6.85. The molecule has 2 rings (SSSR count). The third kappa shape index (κ3) is 3.13. The molecule has 0 saturated carbocycles. The monoisotopic (exact) mass is 306 g/mol. The van der Waals surface area contributed by atoms with E-state index in [2.05, 4.69) is 11.6 Å². The molecule has 0 spiro atoms. The summed E-state index contributed by atoms with van der Waals surface area (Å²) in [6, 6.07) is 4.12. The van der Waals surface area contributed by atoms with Crippen LogP contribution in [0.15, 0.2) is 41.7 Å². The summed E-state index contributed by atoms with van der Waals surface area (Å²) >= 11 is 5.91. The van der Waals surface area contributed by atoms with E-state index in [1.807, 2.05) is 0 Å². The predicted molar refractivity (Wildman–Crippen MR) is 81.2 cm³/mol. The molecule has 0 radical (unpaired) electrons. The third-order valence-corrected chi connectivity index (χ3v) is 3.25. The maximum Gasteiger partial charge on any atom is 0.334 e. The molecule has 0 fully saturated rings. The van der Waals surface area contributed by atoms with Crippen LogP contribution in [0.2, 0.25) is 5.02 Å². The van der Waals surface area contributed by atoms with Crippen molar-refractivity contribution in [2.75, 3.05) is 0 Å². The van der Waals surface area contributed by atoms with Gasteiger partial charge in [-0.25, -0.2) is 9.78 Å². The summed E-state index contributed by atoms with van der Waals surface area (Å²) in [6.45, 7) is 6.89. The molecule has 21 heavy (non-hydrogen) atoms. The first kappa shape index (κ1) is 15.3. The lowest BCUT2D eigenvalue weighted by molar-refractivity contribution is -0.143. The van der Waals surface area contributed by atoms with Crippen LogP contribution in [0.1, 0.15) is 26.3 Å². The fourth-order valence-corrected chi connectivity index (χ4v) is 2.22. The normalized spacial score (nSPS) is 12.1. The first-order chi connectivity index (χ1) is 9.93. The summed E-state index contributed by atoms with van der Waals surface area (Å²) < 4.78 is 6.27. The molecule has 1 aromatic heterocycles. The molecular formula is C15H15ClN2O3. The molecule has 0 aliphatic rings. The Labute approximate surface area is 126 Å². The summed E-state index contributed by atoms with van der Waals surface area (Å²) in [5.41, 5.74) is 0.205. The summed E-state index contributed by atoms with van der Waals surface area (Å²) in [6.07, 6.45) is 1.76. The SMILES string of the molecule is C=C(C)OC(=O)[C@H](CC)n1cnc2ccc(Cl)cc2c1=O. The van der Waals surface area contributed by atoms with E-state index in [9.17, 15) is 9.59 Å². The van der Waals surface area contributed by atoms with Crippen molar-refractivity contribution in [2.45, 2.75) is 26.3 Å². The van der Waals surface area contributed by atoms with E-state index in [-0.39, 0.29) is 11.3 Å². The minimum Gasteiger partial charge on any atom is -0.430 e. The van der Waals surface area contributed by atoms with Gasteiger partial charge in [-0.05, 0) is 31.5 Å². The van der Waals surface area contributed by atoms with Crippen molar-refractivity contribution in [3.05, 3.63) is 52.2 Å². The molecule has 1 aromatic carbocycles. The van der Waals surface area contributed by atoms with Gasteiger partial charge in [-0.2, -0.15) is 0 Å². The molecule has 0 aliphatic heterocycles. The number of halogens is 1. The average molecular weight is 307 g/mol. The molecule has 1 heterocycles. The summed E-state index contributed by atoms with van der Waals surface area (Å²) in [7, 11) is 0. The molecule has 0 bridgehead atoms. The highest BCUT2D eigenvalue weighted by atomic mass is 35.5. The van der Waals surface area contributed by atoms with E-state index >= 15 is 0 Å². The third-order valence-electron chi connectivity index (χ3n) is 3.01.